The fraction of sp³-hybridized carbons (Fsp3) is 0.797. The van der Waals surface area contributed by atoms with Gasteiger partial charge in [0.2, 0.25) is 0 Å². The normalized spacial score (nSPS) is 13.2. The summed E-state index contributed by atoms with van der Waals surface area (Å²) in [6.07, 6.45) is 67.0. The van der Waals surface area contributed by atoms with Crippen molar-refractivity contribution in [1.82, 2.24) is 0 Å². The van der Waals surface area contributed by atoms with Gasteiger partial charge in [0, 0.05) is 12.8 Å². The lowest BCUT2D eigenvalue weighted by Crippen LogP contribution is -2.44. The molecule has 0 aromatic carbocycles. The van der Waals surface area contributed by atoms with Crippen molar-refractivity contribution < 1.29 is 42.9 Å². The largest absolute Gasteiger partial charge is 0.545 e. The fourth-order valence-corrected chi connectivity index (χ4v) is 8.62. The van der Waals surface area contributed by atoms with Crippen LogP contribution in [-0.4, -0.2) is 82.3 Å². The minimum atomic E-state index is -1.63. The fourth-order valence-electron chi connectivity index (χ4n) is 8.62. The van der Waals surface area contributed by atoms with Gasteiger partial charge in [0.25, 0.3) is 0 Å². The molecule has 2 atom stereocenters. The molecule has 0 spiro atoms. The molecule has 0 heterocycles. The highest BCUT2D eigenvalue weighted by Crippen LogP contribution is 2.17. The summed E-state index contributed by atoms with van der Waals surface area (Å²) >= 11 is 0. The number of carboxylic acids is 1. The van der Waals surface area contributed by atoms with Gasteiger partial charge in [-0.1, -0.05) is 261 Å². The summed E-state index contributed by atoms with van der Waals surface area (Å²) in [6.45, 7) is 4.65. The molecule has 0 aromatic heterocycles. The maximum Gasteiger partial charge on any atom is 0.306 e. The van der Waals surface area contributed by atoms with E-state index < -0.39 is 24.3 Å². The summed E-state index contributed by atoms with van der Waals surface area (Å²) in [4.78, 5) is 37.3. The van der Waals surface area contributed by atoms with E-state index in [1.165, 1.54) is 161 Å². The smallest absolute Gasteiger partial charge is 0.306 e. The quantitative estimate of drug-likeness (QED) is 0.0195. The van der Waals surface area contributed by atoms with E-state index in [9.17, 15) is 19.5 Å². The third-order valence-electron chi connectivity index (χ3n) is 13.3. The molecule has 2 unspecified atom stereocenters. The van der Waals surface area contributed by atoms with Crippen molar-refractivity contribution >= 4 is 17.9 Å². The van der Waals surface area contributed by atoms with E-state index in [1.807, 2.05) is 21.1 Å². The minimum absolute atomic E-state index is 0.144. The highest BCUT2D eigenvalue weighted by Gasteiger charge is 2.22. The summed E-state index contributed by atoms with van der Waals surface area (Å²) in [7, 11) is 5.92. The number of rotatable bonds is 56. The Morgan fingerprint density at radius 2 is 0.781 bits per heavy atom. The molecule has 0 aliphatic heterocycles. The summed E-state index contributed by atoms with van der Waals surface area (Å²) in [5, 5.41) is 11.8. The molecule has 0 bridgehead atoms. The average Bonchev–Trinajstić information content (AvgIpc) is 3.36. The van der Waals surface area contributed by atoms with Gasteiger partial charge >= 0.3 is 11.9 Å². The lowest BCUT2D eigenvalue weighted by molar-refractivity contribution is -0.870. The predicted octanol–water partition coefficient (Wildman–Crippen LogP) is 16.7. The van der Waals surface area contributed by atoms with Crippen molar-refractivity contribution in [3.05, 3.63) is 60.8 Å². The van der Waals surface area contributed by atoms with Gasteiger partial charge in [-0.2, -0.15) is 0 Å². The van der Waals surface area contributed by atoms with Crippen LogP contribution in [0.3, 0.4) is 0 Å². The van der Waals surface area contributed by atoms with Crippen LogP contribution in [0.25, 0.3) is 0 Å². The molecule has 0 aliphatic carbocycles. The molecule has 9 nitrogen and oxygen atoms in total. The van der Waals surface area contributed by atoms with Crippen LogP contribution in [0.1, 0.15) is 271 Å². The maximum absolute atomic E-state index is 12.9. The molecule has 0 aromatic rings. The van der Waals surface area contributed by atoms with Crippen LogP contribution in [0.4, 0.5) is 0 Å². The summed E-state index contributed by atoms with van der Waals surface area (Å²) in [6, 6.07) is 0. The Kier molecular flexibility index (Phi) is 53.0. The molecule has 0 aliphatic rings. The van der Waals surface area contributed by atoms with E-state index in [2.05, 4.69) is 74.6 Å². The van der Waals surface area contributed by atoms with Gasteiger partial charge in [0.15, 0.2) is 12.4 Å². The molecule has 0 amide bonds. The predicted molar refractivity (Wildman–Crippen MR) is 306 cm³/mol. The highest BCUT2D eigenvalue weighted by molar-refractivity contribution is 5.70. The highest BCUT2D eigenvalue weighted by atomic mass is 16.7. The van der Waals surface area contributed by atoms with E-state index in [-0.39, 0.29) is 32.2 Å². The van der Waals surface area contributed by atoms with Crippen LogP contribution in [0, 0.1) is 0 Å². The van der Waals surface area contributed by atoms with Gasteiger partial charge in [0.1, 0.15) is 13.2 Å². The zero-order valence-electron chi connectivity index (χ0n) is 48.3. The van der Waals surface area contributed by atoms with Gasteiger partial charge in [-0.15, -0.1) is 0 Å². The Balaban J connectivity index is 4.22. The lowest BCUT2D eigenvalue weighted by Gasteiger charge is -2.26. The van der Waals surface area contributed by atoms with Crippen molar-refractivity contribution in [2.24, 2.45) is 0 Å². The van der Waals surface area contributed by atoms with Crippen molar-refractivity contribution in [3.63, 3.8) is 0 Å². The molecule has 73 heavy (non-hydrogen) atoms. The van der Waals surface area contributed by atoms with Crippen LogP contribution in [0.2, 0.25) is 0 Å². The first kappa shape index (κ1) is 70.0. The second-order valence-corrected chi connectivity index (χ2v) is 21.6. The number of nitrogens with zero attached hydrogens (tertiary/aromatic N) is 1. The number of hydrogen-bond acceptors (Lipinski definition) is 8. The van der Waals surface area contributed by atoms with Crippen molar-refractivity contribution in [3.8, 4) is 0 Å². The summed E-state index contributed by atoms with van der Waals surface area (Å²) in [5.41, 5.74) is 0. The first-order chi connectivity index (χ1) is 35.6. The summed E-state index contributed by atoms with van der Waals surface area (Å²) < 4.78 is 22.7. The topological polar surface area (TPSA) is 111 Å². The zero-order valence-corrected chi connectivity index (χ0v) is 48.3. The molecule has 0 saturated heterocycles. The number of carbonyl (C=O) groups is 3. The van der Waals surface area contributed by atoms with Gasteiger partial charge < -0.3 is 33.3 Å². The SMILES string of the molecule is CC/C=C\C/C=C\C/C=C\C/C=C\C/C=C\CCCCCCCCCC(=O)OC(COC(=O)CCCCCCCCCCCCCCCCCCCCCCCCCCC)COC(OCC[N+](C)(C)C)C(=O)[O-]. The van der Waals surface area contributed by atoms with Crippen molar-refractivity contribution in [2.75, 3.05) is 47.5 Å². The van der Waals surface area contributed by atoms with E-state index in [0.717, 1.165) is 77.0 Å². The number of ether oxygens (including phenoxy) is 4. The van der Waals surface area contributed by atoms with E-state index >= 15 is 0 Å². The van der Waals surface area contributed by atoms with Crippen LogP contribution in [0.15, 0.2) is 60.8 Å². The van der Waals surface area contributed by atoms with Crippen molar-refractivity contribution in [1.29, 1.82) is 0 Å². The minimum Gasteiger partial charge on any atom is -0.545 e. The number of unbranched alkanes of at least 4 members (excludes halogenated alkanes) is 31. The number of hydrogen-bond donors (Lipinski definition) is 0. The molecular formula is C64H115NO8. The van der Waals surface area contributed by atoms with Gasteiger partial charge in [0.05, 0.1) is 40.3 Å². The second kappa shape index (κ2) is 55.2. The Morgan fingerprint density at radius 3 is 1.16 bits per heavy atom. The zero-order chi connectivity index (χ0) is 53.4. The Morgan fingerprint density at radius 1 is 0.425 bits per heavy atom. The first-order valence-electron chi connectivity index (χ1n) is 30.4. The van der Waals surface area contributed by atoms with E-state index in [1.54, 1.807) is 0 Å². The number of carbonyl (C=O) groups excluding carboxylic acids is 3. The maximum atomic E-state index is 12.9. The Hall–Kier alpha value is -3.01. The van der Waals surface area contributed by atoms with Gasteiger partial charge in [-0.25, -0.2) is 0 Å². The van der Waals surface area contributed by atoms with Crippen LogP contribution < -0.4 is 5.11 Å². The third kappa shape index (κ3) is 56.6. The van der Waals surface area contributed by atoms with Crippen LogP contribution >= 0.6 is 0 Å². The number of carboxylic acid groups (broad SMARTS) is 1. The van der Waals surface area contributed by atoms with Crippen LogP contribution in [-0.2, 0) is 33.3 Å². The number of aliphatic carboxylic acids is 1. The second-order valence-electron chi connectivity index (χ2n) is 21.6. The van der Waals surface area contributed by atoms with Crippen LogP contribution in [0.5, 0.6) is 0 Å². The molecule has 0 fully saturated rings. The first-order valence-corrected chi connectivity index (χ1v) is 30.4. The molecule has 0 rings (SSSR count). The Bertz CT molecular complexity index is 1380. The average molecular weight is 1030 g/mol. The molecule has 9 heteroatoms. The molecular weight excluding hydrogens is 911 g/mol. The number of allylic oxidation sites excluding steroid dienone is 10. The van der Waals surface area contributed by atoms with Gasteiger partial charge in [-0.3, -0.25) is 9.59 Å². The third-order valence-corrected chi connectivity index (χ3v) is 13.3. The monoisotopic (exact) mass is 1030 g/mol. The number of esters is 2. The van der Waals surface area contributed by atoms with E-state index in [4.69, 9.17) is 18.9 Å². The van der Waals surface area contributed by atoms with Crippen molar-refractivity contribution in [2.45, 2.75) is 283 Å². The van der Waals surface area contributed by atoms with E-state index in [0.29, 0.717) is 23.9 Å². The Labute approximate surface area is 450 Å². The molecule has 0 radical (unpaired) electrons. The summed E-state index contributed by atoms with van der Waals surface area (Å²) in [5.74, 6) is -2.29. The van der Waals surface area contributed by atoms with Gasteiger partial charge in [-0.05, 0) is 57.8 Å². The number of likely N-dealkylation sites (N-methyl/N-ethyl adjacent to an activating group) is 1. The number of quaternary nitrogens is 1. The lowest BCUT2D eigenvalue weighted by atomic mass is 10.0. The standard InChI is InChI=1S/C64H115NO8/c1-6-8-10-12-14-16-18-20-22-24-26-28-30-31-33-34-36-38-40-42-44-46-48-50-52-54-61(66)71-58-60(59-72-64(63(68)69)70-57-56-65(3,4)5)73-62(67)55-53-51-49-47-45-43-41-39-37-35-32-29-27-25-23-21-19-17-15-13-11-9-7-2/h9,11,15,17,21,23,27,29,35,37,60,64H,6-8,10,12-14,16,18-20,22,24-26,28,30-34,36,38-59H2,1-5H3/b11-9-,17-15-,23-21-,29-27-,37-35-. The molecule has 0 N–H and O–H groups in total. The molecule has 0 saturated carbocycles. The molecule has 424 valence electrons.